The second kappa shape index (κ2) is 8.87. The maximum absolute atomic E-state index is 12.6. The van der Waals surface area contributed by atoms with Gasteiger partial charge in [-0.2, -0.15) is 0 Å². The fourth-order valence-electron chi connectivity index (χ4n) is 3.02. The van der Waals surface area contributed by atoms with Crippen molar-refractivity contribution in [1.29, 1.82) is 0 Å². The molecule has 1 unspecified atom stereocenters. The molecule has 3 aromatic rings. The summed E-state index contributed by atoms with van der Waals surface area (Å²) in [6.07, 6.45) is 6.40. The maximum atomic E-state index is 12.6. The lowest BCUT2D eigenvalue weighted by molar-refractivity contribution is -0.118. The monoisotopic (exact) mass is 376 g/mol. The first-order valence-corrected chi connectivity index (χ1v) is 8.83. The summed E-state index contributed by atoms with van der Waals surface area (Å²) in [4.78, 5) is 26.6. The topological polar surface area (TPSA) is 85.2 Å². The predicted octanol–water partition coefficient (Wildman–Crippen LogP) is 2.88. The molecule has 1 aromatic heterocycles. The lowest BCUT2D eigenvalue weighted by Gasteiger charge is -2.13. The minimum absolute atomic E-state index is 0.0378. The van der Waals surface area contributed by atoms with E-state index in [1.165, 1.54) is 0 Å². The van der Waals surface area contributed by atoms with Gasteiger partial charge in [-0.1, -0.05) is 35.3 Å². The fraction of sp³-hybridized carbons (Fsp3) is 0.227. The summed E-state index contributed by atoms with van der Waals surface area (Å²) in [6.45, 7) is 0. The molecule has 0 bridgehead atoms. The van der Waals surface area contributed by atoms with Crippen molar-refractivity contribution in [3.63, 3.8) is 0 Å². The number of terminal acetylenes is 1. The molecule has 0 aliphatic rings. The van der Waals surface area contributed by atoms with Crippen LogP contribution in [-0.2, 0) is 17.6 Å². The fourth-order valence-corrected chi connectivity index (χ4v) is 3.02. The molecule has 0 aliphatic carbocycles. The number of H-pyrrole nitrogens is 1. The van der Waals surface area contributed by atoms with Gasteiger partial charge >= 0.3 is 5.76 Å². The minimum Gasteiger partial charge on any atom is -0.497 e. The largest absolute Gasteiger partial charge is 0.497 e. The second-order valence-electron chi connectivity index (χ2n) is 6.49. The van der Waals surface area contributed by atoms with Crippen molar-refractivity contribution in [2.24, 2.45) is 0 Å². The van der Waals surface area contributed by atoms with Crippen LogP contribution in [0.4, 0.5) is 0 Å². The second-order valence-corrected chi connectivity index (χ2v) is 6.49. The minimum atomic E-state index is -0.632. The van der Waals surface area contributed by atoms with Crippen molar-refractivity contribution < 1.29 is 14.1 Å². The van der Waals surface area contributed by atoms with Crippen molar-refractivity contribution in [3.05, 3.63) is 81.6 Å². The Morgan fingerprint density at radius 1 is 1.18 bits per heavy atom. The zero-order chi connectivity index (χ0) is 19.9. The quantitative estimate of drug-likeness (QED) is 0.611. The Balaban J connectivity index is 1.73. The van der Waals surface area contributed by atoms with Crippen LogP contribution >= 0.6 is 0 Å². The molecule has 0 amide bonds. The molecule has 2 aromatic carbocycles. The SMILES string of the molecule is C#Cc1ccc(CC(=O)CC(Cc2ccc(OC)cc2)c2noc(=O)[nH]2)cc1. The predicted molar refractivity (Wildman–Crippen MR) is 104 cm³/mol. The van der Waals surface area contributed by atoms with Gasteiger partial charge in [0.25, 0.3) is 0 Å². The lowest BCUT2D eigenvalue weighted by Crippen LogP contribution is -2.14. The smallest absolute Gasteiger partial charge is 0.438 e. The number of carbonyl (C=O) groups excluding carboxylic acids is 1. The molecular weight excluding hydrogens is 356 g/mol. The van der Waals surface area contributed by atoms with E-state index in [4.69, 9.17) is 11.2 Å². The molecule has 0 saturated carbocycles. The van der Waals surface area contributed by atoms with E-state index in [0.717, 1.165) is 22.4 Å². The standard InChI is InChI=1S/C22H20N2O4/c1-3-15-4-6-17(7-5-15)13-19(25)14-18(21-23-22(26)28-24-21)12-16-8-10-20(27-2)11-9-16/h1,4-11,18H,12-14H2,2H3,(H,23,24,26). The van der Waals surface area contributed by atoms with E-state index in [-0.39, 0.29) is 24.5 Å². The first kappa shape index (κ1) is 19.2. The average Bonchev–Trinajstić information content (AvgIpc) is 3.15. The van der Waals surface area contributed by atoms with Gasteiger partial charge in [0.15, 0.2) is 5.82 Å². The molecule has 142 valence electrons. The van der Waals surface area contributed by atoms with Crippen LogP contribution in [0.5, 0.6) is 5.75 Å². The number of nitrogens with one attached hydrogen (secondary N) is 1. The highest BCUT2D eigenvalue weighted by Crippen LogP contribution is 2.23. The van der Waals surface area contributed by atoms with Gasteiger partial charge in [0.05, 0.1) is 7.11 Å². The van der Waals surface area contributed by atoms with Crippen LogP contribution in [0.25, 0.3) is 0 Å². The number of carbonyl (C=O) groups is 1. The van der Waals surface area contributed by atoms with E-state index in [1.807, 2.05) is 48.5 Å². The van der Waals surface area contributed by atoms with Gasteiger partial charge in [-0.05, 0) is 41.8 Å². The Kier molecular flexibility index (Phi) is 6.07. The number of aromatic nitrogens is 2. The summed E-state index contributed by atoms with van der Waals surface area (Å²) >= 11 is 0. The van der Waals surface area contributed by atoms with E-state index in [2.05, 4.69) is 20.6 Å². The van der Waals surface area contributed by atoms with Crippen LogP contribution in [0.2, 0.25) is 0 Å². The Morgan fingerprint density at radius 2 is 1.86 bits per heavy atom. The van der Waals surface area contributed by atoms with Gasteiger partial charge < -0.3 is 4.74 Å². The van der Waals surface area contributed by atoms with Gasteiger partial charge in [0, 0.05) is 24.3 Å². The highest BCUT2D eigenvalue weighted by atomic mass is 16.5. The molecular formula is C22H20N2O4. The Bertz CT molecular complexity index is 1020. The van der Waals surface area contributed by atoms with E-state index >= 15 is 0 Å². The van der Waals surface area contributed by atoms with Crippen LogP contribution in [0, 0.1) is 12.3 Å². The number of methoxy groups -OCH3 is 1. The Labute approximate surface area is 162 Å². The van der Waals surface area contributed by atoms with Crippen LogP contribution < -0.4 is 10.5 Å². The van der Waals surface area contributed by atoms with E-state index < -0.39 is 5.76 Å². The number of benzene rings is 2. The molecule has 1 atom stereocenters. The summed E-state index contributed by atoms with van der Waals surface area (Å²) in [7, 11) is 1.60. The average molecular weight is 376 g/mol. The van der Waals surface area contributed by atoms with Crippen molar-refractivity contribution in [1.82, 2.24) is 10.1 Å². The molecule has 3 rings (SSSR count). The molecule has 6 heteroatoms. The van der Waals surface area contributed by atoms with Crippen LogP contribution in [0.15, 0.2) is 57.8 Å². The third kappa shape index (κ3) is 4.98. The van der Waals surface area contributed by atoms with E-state index in [1.54, 1.807) is 7.11 Å². The number of nitrogens with zero attached hydrogens (tertiary/aromatic N) is 1. The van der Waals surface area contributed by atoms with Gasteiger partial charge in [-0.3, -0.25) is 14.3 Å². The third-order valence-corrected chi connectivity index (χ3v) is 4.48. The first-order chi connectivity index (χ1) is 13.6. The molecule has 28 heavy (non-hydrogen) atoms. The molecule has 1 heterocycles. The lowest BCUT2D eigenvalue weighted by atomic mass is 9.91. The van der Waals surface area contributed by atoms with Gasteiger partial charge in [-0.15, -0.1) is 6.42 Å². The highest BCUT2D eigenvalue weighted by Gasteiger charge is 2.21. The number of hydrogen-bond acceptors (Lipinski definition) is 5. The zero-order valence-electron chi connectivity index (χ0n) is 15.5. The summed E-state index contributed by atoms with van der Waals surface area (Å²) in [5.74, 6) is 2.79. The third-order valence-electron chi connectivity index (χ3n) is 4.48. The molecule has 0 saturated heterocycles. The van der Waals surface area contributed by atoms with Crippen LogP contribution in [0.3, 0.4) is 0 Å². The van der Waals surface area contributed by atoms with Crippen LogP contribution in [0.1, 0.15) is 34.9 Å². The van der Waals surface area contributed by atoms with Crippen molar-refractivity contribution in [3.8, 4) is 18.1 Å². The van der Waals surface area contributed by atoms with Crippen molar-refractivity contribution in [2.75, 3.05) is 7.11 Å². The Hall–Kier alpha value is -3.59. The summed E-state index contributed by atoms with van der Waals surface area (Å²) in [5.41, 5.74) is 2.66. The number of rotatable bonds is 8. The first-order valence-electron chi connectivity index (χ1n) is 8.83. The highest BCUT2D eigenvalue weighted by molar-refractivity contribution is 5.81. The van der Waals surface area contributed by atoms with Gasteiger partial charge in [-0.25, -0.2) is 4.79 Å². The molecule has 0 fully saturated rings. The number of Topliss-reactive ketones (excluding diaryl/α,β-unsaturated/α-hetero) is 1. The normalized spacial score (nSPS) is 11.6. The van der Waals surface area contributed by atoms with E-state index in [0.29, 0.717) is 12.2 Å². The van der Waals surface area contributed by atoms with Gasteiger partial charge in [0.1, 0.15) is 11.5 Å². The number of aromatic amines is 1. The summed E-state index contributed by atoms with van der Waals surface area (Å²) in [6, 6.07) is 14.9. The Morgan fingerprint density at radius 3 is 2.43 bits per heavy atom. The number of ether oxygens (including phenoxy) is 1. The molecule has 0 radical (unpaired) electrons. The molecule has 0 spiro atoms. The van der Waals surface area contributed by atoms with Crippen LogP contribution in [-0.4, -0.2) is 23.0 Å². The summed E-state index contributed by atoms with van der Waals surface area (Å²) in [5, 5.41) is 3.79. The number of hydrogen-bond donors (Lipinski definition) is 1. The van der Waals surface area contributed by atoms with E-state index in [9.17, 15) is 9.59 Å². The molecule has 1 N–H and O–H groups in total. The van der Waals surface area contributed by atoms with Gasteiger partial charge in [0.2, 0.25) is 0 Å². The van der Waals surface area contributed by atoms with Crippen molar-refractivity contribution in [2.45, 2.75) is 25.2 Å². The summed E-state index contributed by atoms with van der Waals surface area (Å²) < 4.78 is 9.80. The number of ketones is 1. The zero-order valence-corrected chi connectivity index (χ0v) is 15.5. The molecule has 6 nitrogen and oxygen atoms in total. The molecule has 0 aliphatic heterocycles. The maximum Gasteiger partial charge on any atom is 0.438 e. The van der Waals surface area contributed by atoms with Crippen molar-refractivity contribution >= 4 is 5.78 Å².